The van der Waals surface area contributed by atoms with Crippen LogP contribution in [0.3, 0.4) is 0 Å². The molecule has 3 rings (SSSR count). The van der Waals surface area contributed by atoms with Crippen LogP contribution >= 0.6 is 11.6 Å². The molecule has 3 aromatic rings. The van der Waals surface area contributed by atoms with Gasteiger partial charge in [0.25, 0.3) is 0 Å². The van der Waals surface area contributed by atoms with E-state index in [0.717, 1.165) is 11.1 Å². The van der Waals surface area contributed by atoms with Gasteiger partial charge in [-0.15, -0.1) is 0 Å². The maximum atomic E-state index is 13.2. The van der Waals surface area contributed by atoms with Gasteiger partial charge in [-0.3, -0.25) is 4.79 Å². The molecule has 1 amide bonds. The van der Waals surface area contributed by atoms with Crippen molar-refractivity contribution in [2.24, 2.45) is 0 Å². The predicted octanol–water partition coefficient (Wildman–Crippen LogP) is 4.88. The van der Waals surface area contributed by atoms with E-state index in [9.17, 15) is 13.2 Å². The Hall–Kier alpha value is -2.87. The maximum Gasteiger partial charge on any atom is 0.242 e. The lowest BCUT2D eigenvalue weighted by Crippen LogP contribution is -2.45. The second-order valence-corrected chi connectivity index (χ2v) is 9.82. The molecule has 0 bridgehead atoms. The van der Waals surface area contributed by atoms with Crippen LogP contribution in [0.5, 0.6) is 5.75 Å². The van der Waals surface area contributed by atoms with Crippen molar-refractivity contribution >= 4 is 33.2 Å². The number of hydrogen-bond acceptors (Lipinski definition) is 4. The number of rotatable bonds is 9. The largest absolute Gasteiger partial charge is 0.494 e. The van der Waals surface area contributed by atoms with Gasteiger partial charge in [0.2, 0.25) is 15.9 Å². The molecule has 2 N–H and O–H groups in total. The van der Waals surface area contributed by atoms with E-state index in [1.54, 1.807) is 31.2 Å². The van der Waals surface area contributed by atoms with E-state index in [2.05, 4.69) is 10.0 Å². The number of carbonyl (C=O) groups is 1. The molecule has 0 radical (unpaired) electrons. The Morgan fingerprint density at radius 2 is 1.73 bits per heavy atom. The summed E-state index contributed by atoms with van der Waals surface area (Å²) < 4.78 is 34.4. The second-order valence-electron chi connectivity index (χ2n) is 7.67. The number of anilines is 1. The number of ether oxygens (including phenoxy) is 1. The molecule has 0 saturated heterocycles. The normalized spacial score (nSPS) is 12.2. The van der Waals surface area contributed by atoms with E-state index >= 15 is 0 Å². The molecule has 0 heterocycles. The van der Waals surface area contributed by atoms with Crippen molar-refractivity contribution in [3.05, 3.63) is 88.4 Å². The molecular formula is C25H27ClN2O4S. The van der Waals surface area contributed by atoms with Gasteiger partial charge in [0, 0.05) is 10.7 Å². The lowest BCUT2D eigenvalue weighted by Gasteiger charge is -2.20. The highest BCUT2D eigenvalue weighted by atomic mass is 35.5. The summed E-state index contributed by atoms with van der Waals surface area (Å²) in [5.74, 6) is 0.141. The van der Waals surface area contributed by atoms with Gasteiger partial charge in [0.1, 0.15) is 11.8 Å². The summed E-state index contributed by atoms with van der Waals surface area (Å²) >= 11 is 6.07. The highest BCUT2D eigenvalue weighted by Crippen LogP contribution is 2.23. The fourth-order valence-corrected chi connectivity index (χ4v) is 4.80. The highest BCUT2D eigenvalue weighted by Gasteiger charge is 2.27. The monoisotopic (exact) mass is 486 g/mol. The van der Waals surface area contributed by atoms with Crippen LogP contribution in [0, 0.1) is 13.8 Å². The molecule has 3 aromatic carbocycles. The summed E-state index contributed by atoms with van der Waals surface area (Å²) in [5, 5.41) is 3.29. The van der Waals surface area contributed by atoms with Crippen molar-refractivity contribution < 1.29 is 17.9 Å². The first-order valence-electron chi connectivity index (χ1n) is 10.6. The van der Waals surface area contributed by atoms with Crippen molar-refractivity contribution in [3.8, 4) is 5.75 Å². The molecule has 0 fully saturated rings. The third-order valence-corrected chi connectivity index (χ3v) is 6.82. The Bertz CT molecular complexity index is 1230. The van der Waals surface area contributed by atoms with Gasteiger partial charge < -0.3 is 10.1 Å². The van der Waals surface area contributed by atoms with Crippen LogP contribution in [0.2, 0.25) is 5.02 Å². The molecule has 1 atom stereocenters. The van der Waals surface area contributed by atoms with Crippen molar-refractivity contribution in [2.45, 2.75) is 38.1 Å². The summed E-state index contributed by atoms with van der Waals surface area (Å²) in [6.07, 6.45) is 0.182. The Morgan fingerprint density at radius 3 is 2.39 bits per heavy atom. The van der Waals surface area contributed by atoms with Crippen LogP contribution in [0.15, 0.2) is 71.6 Å². The fraction of sp³-hybridized carbons (Fsp3) is 0.240. The summed E-state index contributed by atoms with van der Waals surface area (Å²) in [7, 11) is -3.98. The highest BCUT2D eigenvalue weighted by molar-refractivity contribution is 7.89. The number of carbonyl (C=O) groups excluding carboxylic acids is 1. The minimum absolute atomic E-state index is 0.0632. The van der Waals surface area contributed by atoms with E-state index in [-0.39, 0.29) is 11.3 Å². The van der Waals surface area contributed by atoms with Gasteiger partial charge >= 0.3 is 0 Å². The van der Waals surface area contributed by atoms with Crippen LogP contribution in [0.4, 0.5) is 5.69 Å². The molecule has 0 unspecified atom stereocenters. The van der Waals surface area contributed by atoms with Crippen LogP contribution in [0.25, 0.3) is 0 Å². The van der Waals surface area contributed by atoms with Crippen LogP contribution in [-0.2, 0) is 21.2 Å². The minimum atomic E-state index is -3.98. The van der Waals surface area contributed by atoms with Gasteiger partial charge in [0.15, 0.2) is 0 Å². The molecular weight excluding hydrogens is 460 g/mol. The first-order chi connectivity index (χ1) is 15.7. The minimum Gasteiger partial charge on any atom is -0.494 e. The lowest BCUT2D eigenvalue weighted by atomic mass is 10.1. The van der Waals surface area contributed by atoms with Crippen molar-refractivity contribution in [1.29, 1.82) is 0 Å². The third kappa shape index (κ3) is 6.57. The summed E-state index contributed by atoms with van der Waals surface area (Å²) in [4.78, 5) is 13.3. The van der Waals surface area contributed by atoms with Gasteiger partial charge in [-0.05, 0) is 74.2 Å². The molecule has 8 heteroatoms. The molecule has 0 saturated carbocycles. The average Bonchev–Trinajstić information content (AvgIpc) is 2.78. The van der Waals surface area contributed by atoms with Crippen molar-refractivity contribution in [3.63, 3.8) is 0 Å². The zero-order valence-electron chi connectivity index (χ0n) is 18.8. The predicted molar refractivity (Wildman–Crippen MR) is 131 cm³/mol. The molecule has 0 spiro atoms. The Balaban J connectivity index is 1.89. The molecule has 0 aliphatic carbocycles. The van der Waals surface area contributed by atoms with E-state index in [4.69, 9.17) is 16.3 Å². The standard InChI is InChI=1S/C25H27ClN2O4S/c1-4-32-24-13-12-21(14-18(24)3)33(30,31)28-23(15-19-8-6-5-7-9-19)25(29)27-22-16-20(26)11-10-17(22)2/h5-14,16,23,28H,4,15H2,1-3H3,(H,27,29)/t23-/m1/s1. The van der Waals surface area contributed by atoms with Gasteiger partial charge in [0.05, 0.1) is 11.5 Å². The van der Waals surface area contributed by atoms with Crippen LogP contribution in [0.1, 0.15) is 23.6 Å². The van der Waals surface area contributed by atoms with E-state index in [1.807, 2.05) is 44.2 Å². The third-order valence-electron chi connectivity index (χ3n) is 5.11. The summed E-state index contributed by atoms with van der Waals surface area (Å²) in [6.45, 7) is 5.96. The van der Waals surface area contributed by atoms with E-state index in [0.29, 0.717) is 28.6 Å². The van der Waals surface area contributed by atoms with Crippen LogP contribution < -0.4 is 14.8 Å². The zero-order chi connectivity index (χ0) is 24.0. The number of aryl methyl sites for hydroxylation is 2. The zero-order valence-corrected chi connectivity index (χ0v) is 20.3. The SMILES string of the molecule is CCOc1ccc(S(=O)(=O)N[C@H](Cc2ccccc2)C(=O)Nc2cc(Cl)ccc2C)cc1C. The van der Waals surface area contributed by atoms with E-state index in [1.165, 1.54) is 12.1 Å². The molecule has 6 nitrogen and oxygen atoms in total. The van der Waals surface area contributed by atoms with Crippen LogP contribution in [-0.4, -0.2) is 27.0 Å². The Labute approximate surface area is 200 Å². The topological polar surface area (TPSA) is 84.5 Å². The smallest absolute Gasteiger partial charge is 0.242 e. The van der Waals surface area contributed by atoms with Gasteiger partial charge in [-0.1, -0.05) is 48.0 Å². The molecule has 174 valence electrons. The molecule has 33 heavy (non-hydrogen) atoms. The van der Waals surface area contributed by atoms with Crippen molar-refractivity contribution in [2.75, 3.05) is 11.9 Å². The van der Waals surface area contributed by atoms with Gasteiger partial charge in [-0.2, -0.15) is 4.72 Å². The lowest BCUT2D eigenvalue weighted by molar-refractivity contribution is -0.117. The fourth-order valence-electron chi connectivity index (χ4n) is 3.35. The number of halogens is 1. The molecule has 0 aliphatic heterocycles. The van der Waals surface area contributed by atoms with Crippen molar-refractivity contribution in [1.82, 2.24) is 4.72 Å². The van der Waals surface area contributed by atoms with E-state index < -0.39 is 22.0 Å². The Morgan fingerprint density at radius 1 is 1.00 bits per heavy atom. The second kappa shape index (κ2) is 10.8. The number of sulfonamides is 1. The number of nitrogens with one attached hydrogen (secondary N) is 2. The molecule has 0 aromatic heterocycles. The summed E-state index contributed by atoms with van der Waals surface area (Å²) in [5.41, 5.74) is 2.86. The Kier molecular flexibility index (Phi) is 8.13. The first kappa shape index (κ1) is 24.8. The first-order valence-corrected chi connectivity index (χ1v) is 12.4. The van der Waals surface area contributed by atoms with Gasteiger partial charge in [-0.25, -0.2) is 8.42 Å². The number of hydrogen-bond donors (Lipinski definition) is 2. The number of benzene rings is 3. The molecule has 0 aliphatic rings. The average molecular weight is 487 g/mol. The number of amides is 1. The quantitative estimate of drug-likeness (QED) is 0.451. The maximum absolute atomic E-state index is 13.2. The summed E-state index contributed by atoms with van der Waals surface area (Å²) in [6, 6.07) is 18.0.